The number of rotatable bonds is 6. The minimum absolute atomic E-state index is 0.101. The van der Waals surface area contributed by atoms with E-state index in [4.69, 9.17) is 4.74 Å². The van der Waals surface area contributed by atoms with E-state index in [2.05, 4.69) is 6.58 Å². The van der Waals surface area contributed by atoms with Gasteiger partial charge in [0.15, 0.2) is 12.4 Å². The Morgan fingerprint density at radius 3 is 2.79 bits per heavy atom. The number of hydrogen-bond acceptors (Lipinski definition) is 6. The Bertz CT molecular complexity index is 1060. The zero-order chi connectivity index (χ0) is 20.4. The second kappa shape index (κ2) is 7.47. The fourth-order valence-corrected chi connectivity index (χ4v) is 2.92. The van der Waals surface area contributed by atoms with Crippen molar-refractivity contribution in [1.29, 1.82) is 0 Å². The molecule has 0 fully saturated rings. The molecule has 9 heteroatoms. The number of ketones is 1. The maximum Gasteiger partial charge on any atom is 0.288 e. The van der Waals surface area contributed by atoms with E-state index in [9.17, 15) is 24.5 Å². The van der Waals surface area contributed by atoms with Crippen LogP contribution in [-0.2, 0) is 11.3 Å². The molecule has 1 aromatic heterocycles. The first-order valence-electron chi connectivity index (χ1n) is 8.38. The molecule has 1 aromatic carbocycles. The average molecular weight is 383 g/mol. The number of amides is 1. The Kier molecular flexibility index (Phi) is 5.08. The highest BCUT2D eigenvalue weighted by molar-refractivity contribution is 6.02. The third-order valence-electron chi connectivity index (χ3n) is 4.35. The van der Waals surface area contributed by atoms with Crippen molar-refractivity contribution in [2.24, 2.45) is 0 Å². The van der Waals surface area contributed by atoms with Gasteiger partial charge in [-0.2, -0.15) is 0 Å². The summed E-state index contributed by atoms with van der Waals surface area (Å²) < 4.78 is 6.37. The highest BCUT2D eigenvalue weighted by Crippen LogP contribution is 2.33. The maximum atomic E-state index is 12.7. The normalized spacial score (nSPS) is 12.9. The number of carbonyl (C=O) groups excluding carboxylic acids is 2. The standard InChI is InChI=1S/C19H17N3O6/c1-3-6-21-14-8-13(4-5-17(14)28-11-19(21)25)16(23)10-20-9-15(22(26)27)12(2)7-18(20)24/h3-5,7-9H,1,6,10-11H2,2H3. The summed E-state index contributed by atoms with van der Waals surface area (Å²) in [5, 5.41) is 11.1. The number of hydrogen-bond donors (Lipinski definition) is 0. The second-order valence-corrected chi connectivity index (χ2v) is 6.25. The Hall–Kier alpha value is -3.75. The van der Waals surface area contributed by atoms with Crippen LogP contribution in [0.4, 0.5) is 11.4 Å². The van der Waals surface area contributed by atoms with Crippen molar-refractivity contribution in [3.05, 3.63) is 74.7 Å². The molecule has 1 aliphatic rings. The summed E-state index contributed by atoms with van der Waals surface area (Å²) in [5.74, 6) is -0.233. The minimum atomic E-state index is -0.606. The molecule has 28 heavy (non-hydrogen) atoms. The Balaban J connectivity index is 1.93. The molecule has 0 saturated heterocycles. The summed E-state index contributed by atoms with van der Waals surface area (Å²) >= 11 is 0. The van der Waals surface area contributed by atoms with E-state index in [1.54, 1.807) is 12.1 Å². The summed E-state index contributed by atoms with van der Waals surface area (Å²) in [6.07, 6.45) is 2.62. The number of benzene rings is 1. The van der Waals surface area contributed by atoms with E-state index in [1.807, 2.05) is 0 Å². The number of aryl methyl sites for hydroxylation is 1. The molecule has 1 aliphatic heterocycles. The Morgan fingerprint density at radius 1 is 1.36 bits per heavy atom. The van der Waals surface area contributed by atoms with Crippen molar-refractivity contribution in [3.8, 4) is 5.75 Å². The van der Waals surface area contributed by atoms with Gasteiger partial charge in [0.25, 0.3) is 17.2 Å². The zero-order valence-corrected chi connectivity index (χ0v) is 15.1. The van der Waals surface area contributed by atoms with Crippen molar-refractivity contribution >= 4 is 23.1 Å². The average Bonchev–Trinajstić information content (AvgIpc) is 2.65. The minimum Gasteiger partial charge on any atom is -0.482 e. The maximum absolute atomic E-state index is 12.7. The first-order chi connectivity index (χ1) is 13.3. The first kappa shape index (κ1) is 19.0. The van der Waals surface area contributed by atoms with Gasteiger partial charge >= 0.3 is 0 Å². The van der Waals surface area contributed by atoms with Crippen LogP contribution in [0.25, 0.3) is 0 Å². The smallest absolute Gasteiger partial charge is 0.288 e. The van der Waals surface area contributed by atoms with Crippen LogP contribution in [0.5, 0.6) is 5.75 Å². The van der Waals surface area contributed by atoms with Crippen LogP contribution in [0.15, 0.2) is 47.9 Å². The third-order valence-corrected chi connectivity index (χ3v) is 4.35. The molecule has 2 heterocycles. The van der Waals surface area contributed by atoms with E-state index in [0.717, 1.165) is 16.8 Å². The van der Waals surface area contributed by atoms with Gasteiger partial charge < -0.3 is 14.2 Å². The third kappa shape index (κ3) is 3.54. The summed E-state index contributed by atoms with van der Waals surface area (Å²) in [6.45, 7) is 4.87. The Morgan fingerprint density at radius 2 is 2.11 bits per heavy atom. The highest BCUT2D eigenvalue weighted by atomic mass is 16.6. The molecule has 0 unspecified atom stereocenters. The molecule has 0 bridgehead atoms. The quantitative estimate of drug-likeness (QED) is 0.326. The molecule has 0 aliphatic carbocycles. The van der Waals surface area contributed by atoms with Gasteiger partial charge in [-0.05, 0) is 25.1 Å². The lowest BCUT2D eigenvalue weighted by Crippen LogP contribution is -2.39. The second-order valence-electron chi connectivity index (χ2n) is 6.25. The number of Topliss-reactive ketones (excluding diaryl/α,β-unsaturated/α-hetero) is 1. The lowest BCUT2D eigenvalue weighted by molar-refractivity contribution is -0.385. The molecule has 0 radical (unpaired) electrons. The SMILES string of the molecule is C=CCN1C(=O)COc2ccc(C(=O)Cn3cc([N+](=O)[O-])c(C)cc3=O)cc21. The molecule has 9 nitrogen and oxygen atoms in total. The van der Waals surface area contributed by atoms with Crippen LogP contribution < -0.4 is 15.2 Å². The molecular formula is C19H17N3O6. The fourth-order valence-electron chi connectivity index (χ4n) is 2.92. The summed E-state index contributed by atoms with van der Waals surface area (Å²) in [7, 11) is 0. The van der Waals surface area contributed by atoms with E-state index < -0.39 is 16.3 Å². The van der Waals surface area contributed by atoms with Gasteiger partial charge in [-0.15, -0.1) is 6.58 Å². The van der Waals surface area contributed by atoms with Crippen LogP contribution in [0.3, 0.4) is 0 Å². The highest BCUT2D eigenvalue weighted by Gasteiger charge is 2.26. The van der Waals surface area contributed by atoms with Crippen LogP contribution in [0, 0.1) is 17.0 Å². The van der Waals surface area contributed by atoms with Gasteiger partial charge in [-0.3, -0.25) is 24.5 Å². The topological polar surface area (TPSA) is 112 Å². The van der Waals surface area contributed by atoms with E-state index >= 15 is 0 Å². The number of fused-ring (bicyclic) bond motifs is 1. The van der Waals surface area contributed by atoms with Crippen molar-refractivity contribution in [2.45, 2.75) is 13.5 Å². The summed E-state index contributed by atoms with van der Waals surface area (Å²) in [5.41, 5.74) is 0.156. The van der Waals surface area contributed by atoms with Crippen LogP contribution in [0.2, 0.25) is 0 Å². The van der Waals surface area contributed by atoms with Crippen molar-refractivity contribution < 1.29 is 19.2 Å². The van der Waals surface area contributed by atoms with Gasteiger partial charge in [0.2, 0.25) is 0 Å². The molecule has 3 rings (SSSR count). The zero-order valence-electron chi connectivity index (χ0n) is 15.1. The molecular weight excluding hydrogens is 366 g/mol. The van der Waals surface area contributed by atoms with Gasteiger partial charge in [-0.25, -0.2) is 0 Å². The number of pyridine rings is 1. The van der Waals surface area contributed by atoms with Gasteiger partial charge in [-0.1, -0.05) is 6.08 Å². The summed E-state index contributed by atoms with van der Waals surface area (Å²) in [6, 6.07) is 5.73. The van der Waals surface area contributed by atoms with E-state index in [1.165, 1.54) is 24.0 Å². The fraction of sp³-hybridized carbons (Fsp3) is 0.211. The predicted molar refractivity (Wildman–Crippen MR) is 101 cm³/mol. The predicted octanol–water partition coefficient (Wildman–Crippen LogP) is 1.86. The van der Waals surface area contributed by atoms with Gasteiger partial charge in [0.05, 0.1) is 23.4 Å². The van der Waals surface area contributed by atoms with Gasteiger partial charge in [0, 0.05) is 23.7 Å². The van der Waals surface area contributed by atoms with Gasteiger partial charge in [0.1, 0.15) is 5.75 Å². The molecule has 2 aromatic rings. The lowest BCUT2D eigenvalue weighted by Gasteiger charge is -2.28. The molecule has 1 amide bonds. The number of aromatic nitrogens is 1. The number of ether oxygens (including phenoxy) is 1. The van der Waals surface area contributed by atoms with Crippen molar-refractivity contribution in [3.63, 3.8) is 0 Å². The Labute approximate surface area is 159 Å². The van der Waals surface area contributed by atoms with Crippen LogP contribution >= 0.6 is 0 Å². The van der Waals surface area contributed by atoms with E-state index in [0.29, 0.717) is 11.4 Å². The van der Waals surface area contributed by atoms with Crippen molar-refractivity contribution in [2.75, 3.05) is 18.1 Å². The molecule has 144 valence electrons. The largest absolute Gasteiger partial charge is 0.482 e. The lowest BCUT2D eigenvalue weighted by atomic mass is 10.1. The number of nitrogens with zero attached hydrogens (tertiary/aromatic N) is 3. The molecule has 0 spiro atoms. The first-order valence-corrected chi connectivity index (χ1v) is 8.38. The van der Waals surface area contributed by atoms with Crippen LogP contribution in [-0.4, -0.2) is 34.3 Å². The number of anilines is 1. The number of nitro groups is 1. The van der Waals surface area contributed by atoms with E-state index in [-0.39, 0.29) is 42.4 Å². The monoisotopic (exact) mass is 383 g/mol. The summed E-state index contributed by atoms with van der Waals surface area (Å²) in [4.78, 5) is 48.7. The molecule has 0 saturated carbocycles. The molecule has 0 N–H and O–H groups in total. The van der Waals surface area contributed by atoms with Crippen LogP contribution in [0.1, 0.15) is 15.9 Å². The molecule has 0 atom stereocenters. The van der Waals surface area contributed by atoms with Crippen molar-refractivity contribution in [1.82, 2.24) is 4.57 Å². The number of carbonyl (C=O) groups is 2.